The van der Waals surface area contributed by atoms with Gasteiger partial charge in [0.2, 0.25) is 0 Å². The van der Waals surface area contributed by atoms with Crippen molar-refractivity contribution in [2.24, 2.45) is 0 Å². The number of hydrogen-bond donors (Lipinski definition) is 0. The monoisotopic (exact) mass is 360 g/mol. The van der Waals surface area contributed by atoms with Crippen LogP contribution in [0.25, 0.3) is 0 Å². The summed E-state index contributed by atoms with van der Waals surface area (Å²) in [5, 5.41) is 0. The van der Waals surface area contributed by atoms with Crippen molar-refractivity contribution in [1.82, 2.24) is 0 Å². The molecular weight excluding hydrogens is 340 g/mol. The summed E-state index contributed by atoms with van der Waals surface area (Å²) in [5.41, 5.74) is 3.38. The first-order valence-corrected chi connectivity index (χ1v) is 8.41. The molecule has 2 aromatic carbocycles. The molecule has 0 radical (unpaired) electrons. The van der Waals surface area contributed by atoms with Crippen LogP contribution in [0.5, 0.6) is 5.75 Å². The van der Waals surface area contributed by atoms with Crippen LogP contribution in [0.3, 0.4) is 0 Å². The SMILES string of the molecule is Cc1cccc(CCCCCOc2ccc(C=O)cc2Br)c1. The molecule has 0 bridgehead atoms. The van der Waals surface area contributed by atoms with Crippen molar-refractivity contribution in [2.75, 3.05) is 6.61 Å². The number of unbranched alkanes of at least 4 members (excludes halogenated alkanes) is 2. The summed E-state index contributed by atoms with van der Waals surface area (Å²) < 4.78 is 6.58. The Kier molecular flexibility index (Phi) is 6.66. The topological polar surface area (TPSA) is 26.3 Å². The summed E-state index contributed by atoms with van der Waals surface area (Å²) in [6, 6.07) is 14.1. The van der Waals surface area contributed by atoms with Crippen molar-refractivity contribution >= 4 is 22.2 Å². The van der Waals surface area contributed by atoms with Crippen LogP contribution in [0, 0.1) is 6.92 Å². The average Bonchev–Trinajstić information content (AvgIpc) is 2.52. The average molecular weight is 361 g/mol. The highest BCUT2D eigenvalue weighted by Crippen LogP contribution is 2.25. The van der Waals surface area contributed by atoms with Crippen molar-refractivity contribution in [3.8, 4) is 5.75 Å². The third kappa shape index (κ3) is 5.30. The number of hydrogen-bond acceptors (Lipinski definition) is 2. The lowest BCUT2D eigenvalue weighted by Gasteiger charge is -2.08. The molecule has 0 aliphatic heterocycles. The minimum Gasteiger partial charge on any atom is -0.492 e. The molecule has 0 amide bonds. The lowest BCUT2D eigenvalue weighted by atomic mass is 10.1. The molecule has 2 aromatic rings. The van der Waals surface area contributed by atoms with Gasteiger partial charge in [-0.2, -0.15) is 0 Å². The van der Waals surface area contributed by atoms with Crippen molar-refractivity contribution < 1.29 is 9.53 Å². The molecule has 2 nitrogen and oxygen atoms in total. The summed E-state index contributed by atoms with van der Waals surface area (Å²) in [7, 11) is 0. The van der Waals surface area contributed by atoms with E-state index in [0.717, 1.165) is 35.8 Å². The molecule has 0 fully saturated rings. The maximum absolute atomic E-state index is 10.7. The quantitative estimate of drug-likeness (QED) is 0.467. The van der Waals surface area contributed by atoms with E-state index in [1.165, 1.54) is 17.5 Å². The fourth-order valence-electron chi connectivity index (χ4n) is 2.37. The Labute approximate surface area is 140 Å². The summed E-state index contributed by atoms with van der Waals surface area (Å²) in [5.74, 6) is 0.796. The first-order valence-electron chi connectivity index (χ1n) is 7.62. The van der Waals surface area contributed by atoms with Gasteiger partial charge in [0.15, 0.2) is 0 Å². The van der Waals surface area contributed by atoms with Crippen molar-refractivity contribution in [2.45, 2.75) is 32.6 Å². The fourth-order valence-corrected chi connectivity index (χ4v) is 2.88. The second-order valence-electron chi connectivity index (χ2n) is 5.46. The highest BCUT2D eigenvalue weighted by molar-refractivity contribution is 9.10. The van der Waals surface area contributed by atoms with E-state index in [9.17, 15) is 4.79 Å². The standard InChI is InChI=1S/C19H21BrO2/c1-15-6-5-8-16(12-15)7-3-2-4-11-22-19-10-9-17(14-21)13-18(19)20/h5-6,8-10,12-14H,2-4,7,11H2,1H3. The highest BCUT2D eigenvalue weighted by atomic mass is 79.9. The Hall–Kier alpha value is -1.61. The van der Waals surface area contributed by atoms with Crippen LogP contribution in [0.4, 0.5) is 0 Å². The van der Waals surface area contributed by atoms with Gasteiger partial charge in [0.05, 0.1) is 11.1 Å². The maximum Gasteiger partial charge on any atom is 0.150 e. The van der Waals surface area contributed by atoms with Gasteiger partial charge in [0.25, 0.3) is 0 Å². The Morgan fingerprint density at radius 1 is 1.09 bits per heavy atom. The zero-order valence-corrected chi connectivity index (χ0v) is 14.4. The number of aldehydes is 1. The molecule has 0 aromatic heterocycles. The summed E-state index contributed by atoms with van der Waals surface area (Å²) in [4.78, 5) is 10.7. The molecule has 0 heterocycles. The van der Waals surface area contributed by atoms with Crippen LogP contribution in [-0.4, -0.2) is 12.9 Å². The third-order valence-electron chi connectivity index (χ3n) is 3.54. The zero-order chi connectivity index (χ0) is 15.8. The summed E-state index contributed by atoms with van der Waals surface area (Å²) in [6.45, 7) is 2.83. The normalized spacial score (nSPS) is 10.5. The van der Waals surface area contributed by atoms with Crippen LogP contribution < -0.4 is 4.74 Å². The first kappa shape index (κ1) is 16.8. The Morgan fingerprint density at radius 2 is 1.95 bits per heavy atom. The van der Waals surface area contributed by atoms with Gasteiger partial charge in [-0.05, 0) is 72.3 Å². The smallest absolute Gasteiger partial charge is 0.150 e. The van der Waals surface area contributed by atoms with E-state index in [0.29, 0.717) is 12.2 Å². The van der Waals surface area contributed by atoms with E-state index >= 15 is 0 Å². The number of rotatable bonds is 8. The van der Waals surface area contributed by atoms with Gasteiger partial charge in [-0.25, -0.2) is 0 Å². The molecule has 2 rings (SSSR count). The predicted molar refractivity (Wildman–Crippen MR) is 93.8 cm³/mol. The minimum absolute atomic E-state index is 0.650. The van der Waals surface area contributed by atoms with Crippen LogP contribution in [0.2, 0.25) is 0 Å². The van der Waals surface area contributed by atoms with E-state index in [1.807, 2.05) is 6.07 Å². The molecule has 22 heavy (non-hydrogen) atoms. The highest BCUT2D eigenvalue weighted by Gasteiger charge is 2.02. The molecule has 0 unspecified atom stereocenters. The minimum atomic E-state index is 0.650. The van der Waals surface area contributed by atoms with Crippen molar-refractivity contribution in [3.05, 3.63) is 63.6 Å². The van der Waals surface area contributed by atoms with Gasteiger partial charge < -0.3 is 4.74 Å². The maximum atomic E-state index is 10.7. The predicted octanol–water partition coefficient (Wildman–Crippen LogP) is 5.36. The summed E-state index contributed by atoms with van der Waals surface area (Å²) in [6.07, 6.45) is 5.32. The van der Waals surface area contributed by atoms with Crippen molar-refractivity contribution in [1.29, 1.82) is 0 Å². The molecule has 0 aliphatic rings. The number of carbonyl (C=O) groups excluding carboxylic acids is 1. The molecule has 0 aliphatic carbocycles. The second kappa shape index (κ2) is 8.74. The molecular formula is C19H21BrO2. The molecule has 3 heteroatoms. The third-order valence-corrected chi connectivity index (χ3v) is 4.16. The molecule has 0 spiro atoms. The van der Waals surface area contributed by atoms with Gasteiger partial charge >= 0.3 is 0 Å². The lowest BCUT2D eigenvalue weighted by Crippen LogP contribution is -1.99. The molecule has 0 N–H and O–H groups in total. The number of ether oxygens (including phenoxy) is 1. The molecule has 0 atom stereocenters. The Morgan fingerprint density at radius 3 is 2.68 bits per heavy atom. The van der Waals surface area contributed by atoms with Crippen LogP contribution in [0.1, 0.15) is 40.7 Å². The Balaban J connectivity index is 1.66. The van der Waals surface area contributed by atoms with Crippen LogP contribution in [0.15, 0.2) is 46.9 Å². The van der Waals surface area contributed by atoms with E-state index in [-0.39, 0.29) is 0 Å². The molecule has 116 valence electrons. The number of carbonyl (C=O) groups is 1. The van der Waals surface area contributed by atoms with Crippen LogP contribution >= 0.6 is 15.9 Å². The van der Waals surface area contributed by atoms with E-state index in [1.54, 1.807) is 12.1 Å². The fraction of sp³-hybridized carbons (Fsp3) is 0.316. The molecule has 0 saturated heterocycles. The van der Waals surface area contributed by atoms with E-state index < -0.39 is 0 Å². The number of benzene rings is 2. The van der Waals surface area contributed by atoms with E-state index in [2.05, 4.69) is 47.1 Å². The lowest BCUT2D eigenvalue weighted by molar-refractivity contribution is 0.112. The van der Waals surface area contributed by atoms with Gasteiger partial charge in [-0.15, -0.1) is 0 Å². The zero-order valence-electron chi connectivity index (χ0n) is 12.8. The van der Waals surface area contributed by atoms with Gasteiger partial charge in [-0.3, -0.25) is 4.79 Å². The number of halogens is 1. The number of aryl methyl sites for hydroxylation is 2. The van der Waals surface area contributed by atoms with Crippen molar-refractivity contribution in [3.63, 3.8) is 0 Å². The second-order valence-corrected chi connectivity index (χ2v) is 6.31. The van der Waals surface area contributed by atoms with E-state index in [4.69, 9.17) is 4.74 Å². The summed E-state index contributed by atoms with van der Waals surface area (Å²) >= 11 is 3.42. The van der Waals surface area contributed by atoms with Crippen LogP contribution in [-0.2, 0) is 6.42 Å². The largest absolute Gasteiger partial charge is 0.492 e. The Bertz CT molecular complexity index is 623. The van der Waals surface area contributed by atoms with Gasteiger partial charge in [0.1, 0.15) is 12.0 Å². The first-order chi connectivity index (χ1) is 10.7. The van der Waals surface area contributed by atoms with Gasteiger partial charge in [0, 0.05) is 5.56 Å². The van der Waals surface area contributed by atoms with Gasteiger partial charge in [-0.1, -0.05) is 29.8 Å². The molecule has 0 saturated carbocycles.